The molecule has 4 rings (SSSR count). The Labute approximate surface area is 180 Å². The van der Waals surface area contributed by atoms with Crippen LogP contribution in [0, 0.1) is 12.7 Å². The number of nitrogens with zero attached hydrogens (tertiary/aromatic N) is 1. The Bertz CT molecular complexity index is 1030. The molecule has 30 heavy (non-hydrogen) atoms. The number of thiophene rings is 1. The summed E-state index contributed by atoms with van der Waals surface area (Å²) in [6, 6.07) is 13.6. The van der Waals surface area contributed by atoms with E-state index in [2.05, 4.69) is 41.4 Å². The Morgan fingerprint density at radius 3 is 2.63 bits per heavy atom. The molecular formula is C24H27FN2O2S. The third-order valence-electron chi connectivity index (χ3n) is 5.76. The standard InChI is InChI=1S/C24H27FN2O2S/c1-16-8-10-17(11-9-16)20(27-12-3-4-13-27)14-26-24(28)23-18(15-29-2)22-19(25)6-5-7-21(22)30-23/h5-11,20H,3-4,12-15H2,1-2H3,(H,26,28). The number of amides is 1. The maximum atomic E-state index is 14.4. The fourth-order valence-electron chi connectivity index (χ4n) is 4.20. The van der Waals surface area contributed by atoms with E-state index in [1.54, 1.807) is 13.2 Å². The van der Waals surface area contributed by atoms with Gasteiger partial charge in [0.05, 0.1) is 17.5 Å². The van der Waals surface area contributed by atoms with Crippen molar-refractivity contribution in [3.63, 3.8) is 0 Å². The summed E-state index contributed by atoms with van der Waals surface area (Å²) in [7, 11) is 1.56. The van der Waals surface area contributed by atoms with E-state index in [-0.39, 0.29) is 24.4 Å². The lowest BCUT2D eigenvalue weighted by atomic mass is 10.0. The highest BCUT2D eigenvalue weighted by molar-refractivity contribution is 7.21. The van der Waals surface area contributed by atoms with Gasteiger partial charge in [-0.05, 0) is 50.6 Å². The van der Waals surface area contributed by atoms with E-state index in [0.717, 1.165) is 17.8 Å². The monoisotopic (exact) mass is 426 g/mol. The number of carbonyl (C=O) groups excluding carboxylic acids is 1. The Kier molecular flexibility index (Phi) is 6.46. The van der Waals surface area contributed by atoms with Crippen LogP contribution >= 0.6 is 11.3 Å². The van der Waals surface area contributed by atoms with Gasteiger partial charge in [-0.15, -0.1) is 11.3 Å². The molecule has 0 bridgehead atoms. The summed E-state index contributed by atoms with van der Waals surface area (Å²) in [5.74, 6) is -0.483. The van der Waals surface area contributed by atoms with Crippen molar-refractivity contribution >= 4 is 27.3 Å². The zero-order chi connectivity index (χ0) is 21.1. The van der Waals surface area contributed by atoms with Gasteiger partial charge in [0.1, 0.15) is 5.82 Å². The lowest BCUT2D eigenvalue weighted by Gasteiger charge is -2.28. The third kappa shape index (κ3) is 4.26. The highest BCUT2D eigenvalue weighted by atomic mass is 32.1. The highest BCUT2D eigenvalue weighted by Gasteiger charge is 2.26. The van der Waals surface area contributed by atoms with Crippen molar-refractivity contribution in [2.75, 3.05) is 26.7 Å². The molecule has 4 nitrogen and oxygen atoms in total. The molecule has 3 aromatic rings. The molecule has 0 saturated carbocycles. The van der Waals surface area contributed by atoms with Crippen molar-refractivity contribution < 1.29 is 13.9 Å². The summed E-state index contributed by atoms with van der Waals surface area (Å²) < 4.78 is 20.5. The van der Waals surface area contributed by atoms with Crippen molar-refractivity contribution in [1.29, 1.82) is 0 Å². The van der Waals surface area contributed by atoms with Gasteiger partial charge in [-0.2, -0.15) is 0 Å². The fourth-order valence-corrected chi connectivity index (χ4v) is 5.34. The summed E-state index contributed by atoms with van der Waals surface area (Å²) in [6.07, 6.45) is 2.37. The van der Waals surface area contributed by atoms with Crippen LogP contribution in [0.25, 0.3) is 10.1 Å². The molecule has 1 aliphatic heterocycles. The first kappa shape index (κ1) is 21.0. The number of methoxy groups -OCH3 is 1. The quantitative estimate of drug-likeness (QED) is 0.574. The second-order valence-corrected chi connectivity index (χ2v) is 8.89. The SMILES string of the molecule is COCc1c(C(=O)NCC(c2ccc(C)cc2)N2CCCC2)sc2cccc(F)c12. The zero-order valence-electron chi connectivity index (χ0n) is 17.4. The number of ether oxygens (including phenoxy) is 1. The largest absolute Gasteiger partial charge is 0.380 e. The Morgan fingerprint density at radius 2 is 1.93 bits per heavy atom. The average molecular weight is 427 g/mol. The lowest BCUT2D eigenvalue weighted by molar-refractivity contribution is 0.0938. The van der Waals surface area contributed by atoms with Crippen molar-refractivity contribution in [3.05, 3.63) is 69.8 Å². The van der Waals surface area contributed by atoms with Crippen LogP contribution in [-0.4, -0.2) is 37.6 Å². The maximum absolute atomic E-state index is 14.4. The van der Waals surface area contributed by atoms with E-state index in [0.29, 0.717) is 22.4 Å². The second kappa shape index (κ2) is 9.25. The molecule has 0 spiro atoms. The molecular weight excluding hydrogens is 399 g/mol. The van der Waals surface area contributed by atoms with Gasteiger partial charge in [0.25, 0.3) is 5.91 Å². The van der Waals surface area contributed by atoms with Gasteiger partial charge in [0.2, 0.25) is 0 Å². The molecule has 1 aromatic heterocycles. The molecule has 2 heterocycles. The second-order valence-electron chi connectivity index (χ2n) is 7.84. The van der Waals surface area contributed by atoms with Crippen molar-refractivity contribution in [2.45, 2.75) is 32.4 Å². The number of halogens is 1. The molecule has 1 amide bonds. The number of aryl methyl sites for hydroxylation is 1. The first-order valence-electron chi connectivity index (χ1n) is 10.4. The topological polar surface area (TPSA) is 41.6 Å². The van der Waals surface area contributed by atoms with Crippen LogP contribution in [0.15, 0.2) is 42.5 Å². The van der Waals surface area contributed by atoms with Gasteiger partial charge >= 0.3 is 0 Å². The van der Waals surface area contributed by atoms with Gasteiger partial charge in [0, 0.05) is 29.3 Å². The van der Waals surface area contributed by atoms with Crippen LogP contribution in [0.5, 0.6) is 0 Å². The summed E-state index contributed by atoms with van der Waals surface area (Å²) in [5.41, 5.74) is 3.06. The summed E-state index contributed by atoms with van der Waals surface area (Å²) in [4.78, 5) is 16.1. The van der Waals surface area contributed by atoms with Crippen molar-refractivity contribution in [3.8, 4) is 0 Å². The van der Waals surface area contributed by atoms with E-state index >= 15 is 0 Å². The number of carbonyl (C=O) groups is 1. The third-order valence-corrected chi connectivity index (χ3v) is 6.95. The minimum absolute atomic E-state index is 0.133. The molecule has 1 unspecified atom stereocenters. The first-order valence-corrected chi connectivity index (χ1v) is 11.2. The zero-order valence-corrected chi connectivity index (χ0v) is 18.2. The van der Waals surface area contributed by atoms with E-state index in [1.165, 1.54) is 41.4 Å². The van der Waals surface area contributed by atoms with Crippen molar-refractivity contribution in [2.24, 2.45) is 0 Å². The number of nitrogens with one attached hydrogen (secondary N) is 1. The first-order chi connectivity index (χ1) is 14.6. The molecule has 1 N–H and O–H groups in total. The molecule has 0 radical (unpaired) electrons. The number of rotatable bonds is 7. The average Bonchev–Trinajstić information content (AvgIpc) is 3.39. The number of hydrogen-bond acceptors (Lipinski definition) is 4. The molecule has 2 aromatic carbocycles. The van der Waals surface area contributed by atoms with E-state index in [1.807, 2.05) is 6.07 Å². The number of hydrogen-bond donors (Lipinski definition) is 1. The Hall–Kier alpha value is -2.28. The van der Waals surface area contributed by atoms with Crippen LogP contribution in [-0.2, 0) is 11.3 Å². The van der Waals surface area contributed by atoms with Crippen LogP contribution in [0.2, 0.25) is 0 Å². The molecule has 1 atom stereocenters. The van der Waals surface area contributed by atoms with Crippen LogP contribution < -0.4 is 5.32 Å². The van der Waals surface area contributed by atoms with Crippen LogP contribution in [0.1, 0.15) is 45.2 Å². The normalized spacial score (nSPS) is 15.6. The van der Waals surface area contributed by atoms with Gasteiger partial charge in [-0.3, -0.25) is 9.69 Å². The number of benzene rings is 2. The van der Waals surface area contributed by atoms with Gasteiger partial charge < -0.3 is 10.1 Å². The number of likely N-dealkylation sites (tertiary alicyclic amines) is 1. The minimum atomic E-state index is -0.315. The molecule has 6 heteroatoms. The fraction of sp³-hybridized carbons (Fsp3) is 0.375. The molecule has 0 aliphatic carbocycles. The maximum Gasteiger partial charge on any atom is 0.261 e. The van der Waals surface area contributed by atoms with Gasteiger partial charge in [-0.1, -0.05) is 35.9 Å². The minimum Gasteiger partial charge on any atom is -0.380 e. The highest BCUT2D eigenvalue weighted by Crippen LogP contribution is 2.34. The molecule has 158 valence electrons. The van der Waals surface area contributed by atoms with Crippen molar-refractivity contribution in [1.82, 2.24) is 10.2 Å². The van der Waals surface area contributed by atoms with E-state index in [9.17, 15) is 9.18 Å². The van der Waals surface area contributed by atoms with E-state index < -0.39 is 0 Å². The molecule has 1 fully saturated rings. The van der Waals surface area contributed by atoms with Crippen LogP contribution in [0.4, 0.5) is 4.39 Å². The Morgan fingerprint density at radius 1 is 1.20 bits per heavy atom. The predicted molar refractivity (Wildman–Crippen MR) is 120 cm³/mol. The molecule has 1 saturated heterocycles. The summed E-state index contributed by atoms with van der Waals surface area (Å²) >= 11 is 1.32. The smallest absolute Gasteiger partial charge is 0.261 e. The van der Waals surface area contributed by atoms with Gasteiger partial charge in [-0.25, -0.2) is 4.39 Å². The lowest BCUT2D eigenvalue weighted by Crippen LogP contribution is -2.36. The van der Waals surface area contributed by atoms with Crippen LogP contribution in [0.3, 0.4) is 0 Å². The Balaban J connectivity index is 1.58. The predicted octanol–water partition coefficient (Wildman–Crippen LogP) is 5.06. The molecule has 1 aliphatic rings. The summed E-state index contributed by atoms with van der Waals surface area (Å²) in [5, 5.41) is 3.61. The van der Waals surface area contributed by atoms with E-state index in [4.69, 9.17) is 4.74 Å². The summed E-state index contributed by atoms with van der Waals surface area (Å²) in [6.45, 7) is 4.88. The van der Waals surface area contributed by atoms with Gasteiger partial charge in [0.15, 0.2) is 0 Å². The number of fused-ring (bicyclic) bond motifs is 1.